The Bertz CT molecular complexity index is 251. The Balaban J connectivity index is 2.35. The van der Waals surface area contributed by atoms with Crippen molar-refractivity contribution >= 4 is 11.8 Å². The lowest BCUT2D eigenvalue weighted by Gasteiger charge is -2.19. The zero-order valence-electron chi connectivity index (χ0n) is 9.25. The highest BCUT2D eigenvalue weighted by molar-refractivity contribution is 5.86. The van der Waals surface area contributed by atoms with Gasteiger partial charge in [0.2, 0.25) is 11.8 Å². The van der Waals surface area contributed by atoms with Crippen molar-refractivity contribution in [1.82, 2.24) is 10.6 Å². The summed E-state index contributed by atoms with van der Waals surface area (Å²) >= 11 is 0. The topological polar surface area (TPSA) is 84.2 Å². The average Bonchev–Trinajstić information content (AvgIpc) is 2.95. The number of carbonyl (C=O) groups excluding carboxylic acids is 2. The second-order valence-corrected chi connectivity index (χ2v) is 4.11. The molecule has 1 aliphatic rings. The molecule has 0 aromatic heterocycles. The minimum absolute atomic E-state index is 0.0636. The highest BCUT2D eigenvalue weighted by Gasteiger charge is 2.32. The molecule has 5 nitrogen and oxygen atoms in total. The van der Waals surface area contributed by atoms with Crippen molar-refractivity contribution in [1.29, 1.82) is 0 Å². The van der Waals surface area contributed by atoms with E-state index in [1.807, 2.05) is 0 Å². The SMILES string of the molecule is CC(=O)NC(C)C(=O)NC(CN)C1CC1. The van der Waals surface area contributed by atoms with Crippen LogP contribution in [-0.2, 0) is 9.59 Å². The van der Waals surface area contributed by atoms with Crippen LogP contribution in [0.15, 0.2) is 0 Å². The molecule has 0 bridgehead atoms. The maximum atomic E-state index is 11.6. The van der Waals surface area contributed by atoms with Gasteiger partial charge in [0.05, 0.1) is 0 Å². The molecular weight excluding hydrogens is 194 g/mol. The molecule has 0 radical (unpaired) electrons. The third kappa shape index (κ3) is 3.87. The van der Waals surface area contributed by atoms with E-state index in [0.29, 0.717) is 12.5 Å². The number of carbonyl (C=O) groups is 2. The lowest BCUT2D eigenvalue weighted by Crippen LogP contribution is -2.50. The van der Waals surface area contributed by atoms with E-state index in [-0.39, 0.29) is 17.9 Å². The van der Waals surface area contributed by atoms with Crippen molar-refractivity contribution in [3.05, 3.63) is 0 Å². The van der Waals surface area contributed by atoms with Crippen LogP contribution in [0.3, 0.4) is 0 Å². The molecule has 0 heterocycles. The Morgan fingerprint density at radius 3 is 2.40 bits per heavy atom. The lowest BCUT2D eigenvalue weighted by atomic mass is 10.1. The minimum Gasteiger partial charge on any atom is -0.350 e. The zero-order chi connectivity index (χ0) is 11.4. The Morgan fingerprint density at radius 1 is 1.40 bits per heavy atom. The largest absolute Gasteiger partial charge is 0.350 e. The molecule has 1 aliphatic carbocycles. The Morgan fingerprint density at radius 2 is 2.00 bits per heavy atom. The summed E-state index contributed by atoms with van der Waals surface area (Å²) in [5.41, 5.74) is 5.56. The fourth-order valence-corrected chi connectivity index (χ4v) is 1.55. The molecule has 4 N–H and O–H groups in total. The van der Waals surface area contributed by atoms with Gasteiger partial charge in [0.1, 0.15) is 6.04 Å². The van der Waals surface area contributed by atoms with Crippen LogP contribution >= 0.6 is 0 Å². The highest BCUT2D eigenvalue weighted by Crippen LogP contribution is 2.32. The molecule has 0 spiro atoms. The number of rotatable bonds is 5. The van der Waals surface area contributed by atoms with Crippen LogP contribution in [-0.4, -0.2) is 30.4 Å². The van der Waals surface area contributed by atoms with Gasteiger partial charge in [-0.05, 0) is 25.7 Å². The number of nitrogens with two attached hydrogens (primary N) is 1. The fourth-order valence-electron chi connectivity index (χ4n) is 1.55. The molecule has 0 saturated heterocycles. The van der Waals surface area contributed by atoms with Crippen LogP contribution in [0.25, 0.3) is 0 Å². The molecule has 86 valence electrons. The van der Waals surface area contributed by atoms with E-state index in [9.17, 15) is 9.59 Å². The van der Waals surface area contributed by atoms with Gasteiger partial charge in [-0.2, -0.15) is 0 Å². The van der Waals surface area contributed by atoms with E-state index in [1.54, 1.807) is 6.92 Å². The number of amides is 2. The number of hydrogen-bond donors (Lipinski definition) is 3. The summed E-state index contributed by atoms with van der Waals surface area (Å²) in [5.74, 6) is 0.171. The van der Waals surface area contributed by atoms with E-state index in [0.717, 1.165) is 12.8 Å². The molecule has 0 aliphatic heterocycles. The van der Waals surface area contributed by atoms with Crippen LogP contribution in [0.1, 0.15) is 26.7 Å². The quantitative estimate of drug-likeness (QED) is 0.568. The molecule has 2 unspecified atom stereocenters. The summed E-state index contributed by atoms with van der Waals surface area (Å²) in [7, 11) is 0. The molecule has 5 heteroatoms. The van der Waals surface area contributed by atoms with Crippen molar-refractivity contribution in [2.75, 3.05) is 6.54 Å². The molecule has 1 fully saturated rings. The summed E-state index contributed by atoms with van der Waals surface area (Å²) in [4.78, 5) is 22.3. The van der Waals surface area contributed by atoms with E-state index in [4.69, 9.17) is 5.73 Å². The van der Waals surface area contributed by atoms with Gasteiger partial charge >= 0.3 is 0 Å². The van der Waals surface area contributed by atoms with Crippen LogP contribution in [0.2, 0.25) is 0 Å². The van der Waals surface area contributed by atoms with Crippen molar-refractivity contribution < 1.29 is 9.59 Å². The third-order valence-corrected chi connectivity index (χ3v) is 2.59. The first-order chi connectivity index (χ1) is 7.04. The Labute approximate surface area is 89.8 Å². The Kier molecular flexibility index (Phi) is 4.08. The van der Waals surface area contributed by atoms with Gasteiger partial charge in [-0.1, -0.05) is 0 Å². The van der Waals surface area contributed by atoms with Crippen LogP contribution in [0.4, 0.5) is 0 Å². The summed E-state index contributed by atoms with van der Waals surface area (Å²) in [6, 6.07) is -0.427. The van der Waals surface area contributed by atoms with Gasteiger partial charge in [0.15, 0.2) is 0 Å². The maximum Gasteiger partial charge on any atom is 0.242 e. The predicted octanol–water partition coefficient (Wildman–Crippen LogP) is -0.635. The van der Waals surface area contributed by atoms with Crippen molar-refractivity contribution in [3.8, 4) is 0 Å². The fraction of sp³-hybridized carbons (Fsp3) is 0.800. The Hall–Kier alpha value is -1.10. The van der Waals surface area contributed by atoms with Gasteiger partial charge in [0, 0.05) is 19.5 Å². The van der Waals surface area contributed by atoms with Gasteiger partial charge in [-0.25, -0.2) is 0 Å². The van der Waals surface area contributed by atoms with Gasteiger partial charge < -0.3 is 16.4 Å². The summed E-state index contributed by atoms with van der Waals surface area (Å²) in [6.07, 6.45) is 2.27. The second-order valence-electron chi connectivity index (χ2n) is 4.11. The zero-order valence-corrected chi connectivity index (χ0v) is 9.25. The number of nitrogens with one attached hydrogen (secondary N) is 2. The first-order valence-electron chi connectivity index (χ1n) is 5.32. The smallest absolute Gasteiger partial charge is 0.242 e. The minimum atomic E-state index is -0.490. The lowest BCUT2D eigenvalue weighted by molar-refractivity contribution is -0.128. The van der Waals surface area contributed by atoms with Crippen molar-refractivity contribution in [3.63, 3.8) is 0 Å². The van der Waals surface area contributed by atoms with Crippen LogP contribution in [0.5, 0.6) is 0 Å². The first kappa shape index (κ1) is 12.0. The molecule has 2 amide bonds. The van der Waals surface area contributed by atoms with E-state index in [2.05, 4.69) is 10.6 Å². The second kappa shape index (κ2) is 5.11. The predicted molar refractivity (Wildman–Crippen MR) is 57.0 cm³/mol. The van der Waals surface area contributed by atoms with Gasteiger partial charge in [0.25, 0.3) is 0 Å². The van der Waals surface area contributed by atoms with E-state index in [1.165, 1.54) is 6.92 Å². The summed E-state index contributed by atoms with van der Waals surface area (Å²) in [5, 5.41) is 5.39. The van der Waals surface area contributed by atoms with Gasteiger partial charge in [-0.15, -0.1) is 0 Å². The van der Waals surface area contributed by atoms with Crippen LogP contribution < -0.4 is 16.4 Å². The highest BCUT2D eigenvalue weighted by atomic mass is 16.2. The maximum absolute atomic E-state index is 11.6. The third-order valence-electron chi connectivity index (χ3n) is 2.59. The van der Waals surface area contributed by atoms with Crippen LogP contribution in [0, 0.1) is 5.92 Å². The molecule has 0 aromatic rings. The van der Waals surface area contributed by atoms with Gasteiger partial charge in [-0.3, -0.25) is 9.59 Å². The molecule has 2 atom stereocenters. The molecule has 15 heavy (non-hydrogen) atoms. The number of hydrogen-bond acceptors (Lipinski definition) is 3. The van der Waals surface area contributed by atoms with E-state index >= 15 is 0 Å². The standard InChI is InChI=1S/C10H19N3O2/c1-6(12-7(2)14)10(15)13-9(5-11)8-3-4-8/h6,8-9H,3-5,11H2,1-2H3,(H,12,14)(H,13,15). The molecule has 1 saturated carbocycles. The first-order valence-corrected chi connectivity index (χ1v) is 5.32. The molecule has 1 rings (SSSR count). The van der Waals surface area contributed by atoms with Crippen molar-refractivity contribution in [2.45, 2.75) is 38.8 Å². The molecule has 0 aromatic carbocycles. The summed E-state index contributed by atoms with van der Waals surface area (Å²) in [6.45, 7) is 3.52. The monoisotopic (exact) mass is 213 g/mol. The normalized spacial score (nSPS) is 19.1. The molecular formula is C10H19N3O2. The average molecular weight is 213 g/mol. The van der Waals surface area contributed by atoms with E-state index < -0.39 is 6.04 Å². The summed E-state index contributed by atoms with van der Waals surface area (Å²) < 4.78 is 0. The van der Waals surface area contributed by atoms with Crippen molar-refractivity contribution in [2.24, 2.45) is 11.7 Å².